The number of hydrogen-bond donors (Lipinski definition) is 0. The standard InChI is InChI=1S/C27H22Cl2N2O5S/c1-35-27(34)20-17-9-5-6-10-19(17)37-26(20)30-24(32)21-22(16-12-11-14(28)13-18(16)29)31(36-23(21)25(30)33)15-7-3-2-4-8-15/h2-4,7-8,11-13,21-23H,5-6,9-10H2,1H3/t21-,22-,23-/m0/s1. The van der Waals surface area contributed by atoms with E-state index in [9.17, 15) is 14.4 Å². The second-order valence-corrected chi connectivity index (χ2v) is 11.1. The van der Waals surface area contributed by atoms with Crippen LogP contribution in [0.5, 0.6) is 0 Å². The number of thiophene rings is 1. The lowest BCUT2D eigenvalue weighted by Gasteiger charge is -2.29. The molecular formula is C27H22Cl2N2O5S. The molecular weight excluding hydrogens is 535 g/mol. The number of carbonyl (C=O) groups is 3. The highest BCUT2D eigenvalue weighted by Crippen LogP contribution is 2.51. The van der Waals surface area contributed by atoms with E-state index in [0.29, 0.717) is 38.3 Å². The predicted molar refractivity (Wildman–Crippen MR) is 141 cm³/mol. The summed E-state index contributed by atoms with van der Waals surface area (Å²) in [6.07, 6.45) is 2.36. The third-order valence-corrected chi connectivity index (χ3v) is 8.99. The van der Waals surface area contributed by atoms with Crippen molar-refractivity contribution in [1.29, 1.82) is 0 Å². The lowest BCUT2D eigenvalue weighted by atomic mass is 9.90. The molecule has 2 saturated heterocycles. The maximum absolute atomic E-state index is 14.1. The number of esters is 1. The van der Waals surface area contributed by atoms with Gasteiger partial charge in [0.15, 0.2) is 6.10 Å². The topological polar surface area (TPSA) is 76.2 Å². The SMILES string of the molecule is COC(=O)c1c(N2C(=O)[C@@H]3[C@H](ON(c4ccccc4)[C@H]3c3ccc(Cl)cc3Cl)C2=O)sc2c1CCCC2. The van der Waals surface area contributed by atoms with Crippen molar-refractivity contribution in [3.63, 3.8) is 0 Å². The molecule has 3 atom stereocenters. The summed E-state index contributed by atoms with van der Waals surface area (Å²) in [6, 6.07) is 13.6. The van der Waals surface area contributed by atoms with Gasteiger partial charge in [0.2, 0.25) is 5.91 Å². The van der Waals surface area contributed by atoms with Gasteiger partial charge in [0.25, 0.3) is 5.91 Å². The van der Waals surface area contributed by atoms with E-state index in [0.717, 1.165) is 34.6 Å². The normalized spacial score (nSPS) is 22.8. The van der Waals surface area contributed by atoms with Crippen LogP contribution in [0.3, 0.4) is 0 Å². The molecule has 0 spiro atoms. The summed E-state index contributed by atoms with van der Waals surface area (Å²) in [5.41, 5.74) is 2.48. The van der Waals surface area contributed by atoms with Gasteiger partial charge >= 0.3 is 5.97 Å². The number of nitrogens with zero attached hydrogens (tertiary/aromatic N) is 2. The lowest BCUT2D eigenvalue weighted by molar-refractivity contribution is -0.126. The van der Waals surface area contributed by atoms with E-state index in [-0.39, 0.29) is 0 Å². The fraction of sp³-hybridized carbons (Fsp3) is 0.296. The summed E-state index contributed by atoms with van der Waals surface area (Å²) < 4.78 is 5.07. The number of benzene rings is 2. The number of hydroxylamine groups is 1. The molecule has 0 unspecified atom stereocenters. The summed E-state index contributed by atoms with van der Waals surface area (Å²) in [4.78, 5) is 49.1. The van der Waals surface area contributed by atoms with Crippen LogP contribution in [0.15, 0.2) is 48.5 Å². The Morgan fingerprint density at radius 3 is 2.54 bits per heavy atom. The van der Waals surface area contributed by atoms with Gasteiger partial charge in [-0.3, -0.25) is 14.4 Å². The molecule has 3 aromatic rings. The van der Waals surface area contributed by atoms with Crippen LogP contribution in [0.2, 0.25) is 10.0 Å². The van der Waals surface area contributed by atoms with Crippen LogP contribution in [-0.4, -0.2) is 31.0 Å². The second-order valence-electron chi connectivity index (χ2n) is 9.22. The second kappa shape index (κ2) is 9.44. The van der Waals surface area contributed by atoms with Crippen molar-refractivity contribution in [1.82, 2.24) is 0 Å². The number of para-hydroxylation sites is 1. The van der Waals surface area contributed by atoms with E-state index in [2.05, 4.69) is 0 Å². The first kappa shape index (κ1) is 24.4. The average Bonchev–Trinajstić information content (AvgIpc) is 3.54. The first-order valence-electron chi connectivity index (χ1n) is 12.0. The van der Waals surface area contributed by atoms with Crippen molar-refractivity contribution in [2.45, 2.75) is 37.8 Å². The highest BCUT2D eigenvalue weighted by Gasteiger charge is 2.61. The quantitative estimate of drug-likeness (QED) is 0.300. The summed E-state index contributed by atoms with van der Waals surface area (Å²) in [6.45, 7) is 0. The Bertz CT molecular complexity index is 1430. The Balaban J connectivity index is 1.47. The van der Waals surface area contributed by atoms with Crippen LogP contribution in [0.25, 0.3) is 0 Å². The van der Waals surface area contributed by atoms with Crippen molar-refractivity contribution >= 4 is 63.0 Å². The number of anilines is 2. The van der Waals surface area contributed by atoms with E-state index in [1.54, 1.807) is 23.3 Å². The Morgan fingerprint density at radius 1 is 1.05 bits per heavy atom. The number of carbonyl (C=O) groups excluding carboxylic acids is 3. The molecule has 6 rings (SSSR count). The zero-order valence-corrected chi connectivity index (χ0v) is 22.1. The molecule has 10 heteroatoms. The monoisotopic (exact) mass is 556 g/mol. The van der Waals surface area contributed by atoms with Crippen LogP contribution >= 0.6 is 34.5 Å². The molecule has 37 heavy (non-hydrogen) atoms. The summed E-state index contributed by atoms with van der Waals surface area (Å²) in [5, 5.41) is 2.72. The van der Waals surface area contributed by atoms with Crippen LogP contribution in [0.1, 0.15) is 45.2 Å². The number of amides is 2. The van der Waals surface area contributed by atoms with Gasteiger partial charge in [-0.1, -0.05) is 47.5 Å². The summed E-state index contributed by atoms with van der Waals surface area (Å²) >= 11 is 14.1. The van der Waals surface area contributed by atoms with Gasteiger partial charge < -0.3 is 4.74 Å². The minimum Gasteiger partial charge on any atom is -0.465 e. The minimum atomic E-state index is -1.07. The first-order chi connectivity index (χ1) is 17.9. The van der Waals surface area contributed by atoms with E-state index >= 15 is 0 Å². The number of methoxy groups -OCH3 is 1. The van der Waals surface area contributed by atoms with Gasteiger partial charge in [0, 0.05) is 14.9 Å². The highest BCUT2D eigenvalue weighted by molar-refractivity contribution is 7.17. The Kier molecular flexibility index (Phi) is 6.23. The molecule has 2 amide bonds. The molecule has 190 valence electrons. The van der Waals surface area contributed by atoms with Crippen LogP contribution < -0.4 is 9.96 Å². The number of hydrogen-bond acceptors (Lipinski definition) is 7. The van der Waals surface area contributed by atoms with Crippen LogP contribution in [0.4, 0.5) is 10.7 Å². The molecule has 1 aliphatic carbocycles. The van der Waals surface area contributed by atoms with Crippen molar-refractivity contribution in [2.75, 3.05) is 17.1 Å². The zero-order chi connectivity index (χ0) is 25.8. The van der Waals surface area contributed by atoms with Gasteiger partial charge in [-0.25, -0.2) is 14.8 Å². The van der Waals surface area contributed by atoms with Gasteiger partial charge in [-0.05, 0) is 61.1 Å². The van der Waals surface area contributed by atoms with Crippen molar-refractivity contribution in [2.24, 2.45) is 5.92 Å². The molecule has 2 aromatic carbocycles. The van der Waals surface area contributed by atoms with E-state index in [4.69, 9.17) is 32.8 Å². The number of halogens is 2. The average molecular weight is 557 g/mol. The van der Waals surface area contributed by atoms with Gasteiger partial charge in [0.05, 0.1) is 24.4 Å². The minimum absolute atomic E-state index is 0.310. The predicted octanol–water partition coefficient (Wildman–Crippen LogP) is 5.77. The molecule has 1 aromatic heterocycles. The maximum Gasteiger partial charge on any atom is 0.341 e. The Hall–Kier alpha value is -2.91. The lowest BCUT2D eigenvalue weighted by Crippen LogP contribution is -2.37. The molecule has 2 fully saturated rings. The highest BCUT2D eigenvalue weighted by atomic mass is 35.5. The van der Waals surface area contributed by atoms with Gasteiger partial charge in [-0.2, -0.15) is 0 Å². The molecule has 0 saturated carbocycles. The molecule has 3 heterocycles. The third-order valence-electron chi connectivity index (χ3n) is 7.15. The van der Waals surface area contributed by atoms with Crippen molar-refractivity contribution in [3.8, 4) is 0 Å². The van der Waals surface area contributed by atoms with Crippen LogP contribution in [0, 0.1) is 5.92 Å². The van der Waals surface area contributed by atoms with E-state index < -0.39 is 35.8 Å². The fourth-order valence-corrected chi connectivity index (χ4v) is 7.40. The van der Waals surface area contributed by atoms with Gasteiger partial charge in [-0.15, -0.1) is 11.3 Å². The van der Waals surface area contributed by atoms with Gasteiger partial charge in [0.1, 0.15) is 10.9 Å². The number of ether oxygens (including phenoxy) is 1. The molecule has 7 nitrogen and oxygen atoms in total. The number of rotatable bonds is 4. The first-order valence-corrected chi connectivity index (χ1v) is 13.5. The summed E-state index contributed by atoms with van der Waals surface area (Å²) in [5.74, 6) is -2.37. The Morgan fingerprint density at radius 2 is 1.81 bits per heavy atom. The van der Waals surface area contributed by atoms with E-state index in [1.807, 2.05) is 30.3 Å². The molecule has 0 radical (unpaired) electrons. The fourth-order valence-electron chi connectivity index (χ4n) is 5.49. The maximum atomic E-state index is 14.1. The third kappa shape index (κ3) is 3.85. The largest absolute Gasteiger partial charge is 0.465 e. The smallest absolute Gasteiger partial charge is 0.341 e. The Labute approximate surface area is 227 Å². The molecule has 3 aliphatic rings. The van der Waals surface area contributed by atoms with Crippen molar-refractivity contribution < 1.29 is 24.0 Å². The number of aryl methyl sites for hydroxylation is 1. The van der Waals surface area contributed by atoms with Crippen molar-refractivity contribution in [3.05, 3.63) is 80.1 Å². The zero-order valence-electron chi connectivity index (χ0n) is 19.8. The van der Waals surface area contributed by atoms with Crippen LogP contribution in [-0.2, 0) is 32.0 Å². The molecule has 2 aliphatic heterocycles. The number of imide groups is 1. The molecule has 0 N–H and O–H groups in total. The number of fused-ring (bicyclic) bond motifs is 2. The van der Waals surface area contributed by atoms with E-state index in [1.165, 1.54) is 18.4 Å². The molecule has 0 bridgehead atoms. The summed E-state index contributed by atoms with van der Waals surface area (Å²) in [7, 11) is 1.31.